The molecule has 1 aliphatic carbocycles. The molecule has 1 aromatic rings. The Morgan fingerprint density at radius 2 is 1.95 bits per heavy atom. The summed E-state index contributed by atoms with van der Waals surface area (Å²) in [5, 5.41) is 17.1. The Kier molecular flexibility index (Phi) is 3.19. The van der Waals surface area contributed by atoms with E-state index >= 15 is 0 Å². The topological polar surface area (TPSA) is 139 Å². The molecule has 19 heavy (non-hydrogen) atoms. The zero-order valence-corrected chi connectivity index (χ0v) is 11.5. The van der Waals surface area contributed by atoms with Crippen LogP contribution in [0.2, 0.25) is 0 Å². The number of nitrogens with two attached hydrogens (primary N) is 3. The van der Waals surface area contributed by atoms with E-state index in [1.54, 1.807) is 6.92 Å². The molecule has 0 aliphatic heterocycles. The van der Waals surface area contributed by atoms with Gasteiger partial charge in [0.2, 0.25) is 0 Å². The van der Waals surface area contributed by atoms with Gasteiger partial charge in [-0.3, -0.25) is 0 Å². The van der Waals surface area contributed by atoms with Crippen molar-refractivity contribution in [2.24, 2.45) is 5.73 Å². The molecular formula is C12H16N4O2S. The quantitative estimate of drug-likeness (QED) is 0.511. The van der Waals surface area contributed by atoms with Crippen LogP contribution in [0, 0.1) is 12.3 Å². The zero-order valence-electron chi connectivity index (χ0n) is 10.7. The lowest BCUT2D eigenvalue weighted by molar-refractivity contribution is 0.0697. The predicted octanol–water partition coefficient (Wildman–Crippen LogP) is 0.970. The highest BCUT2D eigenvalue weighted by molar-refractivity contribution is 8.00. The number of aromatic carboxylic acids is 1. The fraction of sp³-hybridized carbons (Fsp3) is 0.333. The standard InChI is InChI=1S/C12H16N4O2S/c1-3-4(12(17)18)8(14)6-5(7(3)13)9(15)11(19-2)10(6)16/h9,11,16H,13-15H2,1-2H3,(H,17,18). The van der Waals surface area contributed by atoms with E-state index in [1.807, 2.05) is 6.26 Å². The highest BCUT2D eigenvalue weighted by atomic mass is 32.2. The molecule has 6 nitrogen and oxygen atoms in total. The minimum atomic E-state index is -1.14. The second kappa shape index (κ2) is 4.43. The van der Waals surface area contributed by atoms with Gasteiger partial charge in [-0.05, 0) is 18.7 Å². The van der Waals surface area contributed by atoms with Gasteiger partial charge in [0.1, 0.15) is 0 Å². The van der Waals surface area contributed by atoms with E-state index in [0.29, 0.717) is 22.4 Å². The molecule has 2 unspecified atom stereocenters. The number of nitrogen functional groups attached to an aromatic ring is 2. The van der Waals surface area contributed by atoms with Crippen molar-refractivity contribution in [3.8, 4) is 0 Å². The number of carboxylic acid groups (broad SMARTS) is 1. The van der Waals surface area contributed by atoms with E-state index < -0.39 is 12.0 Å². The SMILES string of the molecule is CSC1C(=N)c2c(N)c(C(=O)O)c(C)c(N)c2C1N. The maximum absolute atomic E-state index is 11.3. The average Bonchev–Trinajstić information content (AvgIpc) is 2.58. The number of anilines is 2. The van der Waals surface area contributed by atoms with Crippen molar-refractivity contribution in [3.05, 3.63) is 22.3 Å². The Labute approximate surface area is 114 Å². The number of carbonyl (C=O) groups is 1. The molecule has 1 aromatic carbocycles. The summed E-state index contributed by atoms with van der Waals surface area (Å²) in [4.78, 5) is 11.3. The van der Waals surface area contributed by atoms with Gasteiger partial charge in [0, 0.05) is 16.8 Å². The molecule has 2 atom stereocenters. The van der Waals surface area contributed by atoms with Gasteiger partial charge in [-0.25, -0.2) is 4.79 Å². The third-order valence-corrected chi connectivity index (χ3v) is 4.60. The van der Waals surface area contributed by atoms with Crippen LogP contribution in [-0.2, 0) is 0 Å². The molecule has 0 spiro atoms. The van der Waals surface area contributed by atoms with Gasteiger partial charge in [-0.1, -0.05) is 0 Å². The normalized spacial score (nSPS) is 21.5. The van der Waals surface area contributed by atoms with E-state index in [9.17, 15) is 9.90 Å². The molecule has 0 aromatic heterocycles. The van der Waals surface area contributed by atoms with Gasteiger partial charge in [0.25, 0.3) is 0 Å². The van der Waals surface area contributed by atoms with E-state index in [4.69, 9.17) is 22.6 Å². The summed E-state index contributed by atoms with van der Waals surface area (Å²) in [6.07, 6.45) is 1.85. The molecule has 2 rings (SSSR count). The van der Waals surface area contributed by atoms with Crippen molar-refractivity contribution in [2.75, 3.05) is 17.7 Å². The number of thioether (sulfide) groups is 1. The van der Waals surface area contributed by atoms with Crippen LogP contribution in [0.1, 0.15) is 33.1 Å². The highest BCUT2D eigenvalue weighted by Gasteiger charge is 2.39. The molecule has 7 heteroatoms. The zero-order chi connectivity index (χ0) is 14.5. The average molecular weight is 280 g/mol. The lowest BCUT2D eigenvalue weighted by Crippen LogP contribution is -2.23. The largest absolute Gasteiger partial charge is 0.478 e. The number of rotatable bonds is 2. The number of fused-ring (bicyclic) bond motifs is 1. The minimum absolute atomic E-state index is 0.0325. The van der Waals surface area contributed by atoms with Gasteiger partial charge in [0.15, 0.2) is 0 Å². The first-order chi connectivity index (χ1) is 8.82. The van der Waals surface area contributed by atoms with Crippen LogP contribution in [0.4, 0.5) is 11.4 Å². The summed E-state index contributed by atoms with van der Waals surface area (Å²) in [7, 11) is 0. The van der Waals surface area contributed by atoms with Crippen molar-refractivity contribution in [1.82, 2.24) is 0 Å². The summed E-state index contributed by atoms with van der Waals surface area (Å²) in [5.41, 5.74) is 20.1. The maximum Gasteiger partial charge on any atom is 0.338 e. The number of hydrogen-bond acceptors (Lipinski definition) is 6. The summed E-state index contributed by atoms with van der Waals surface area (Å²) in [6.45, 7) is 1.61. The molecule has 0 heterocycles. The Morgan fingerprint density at radius 1 is 1.37 bits per heavy atom. The van der Waals surface area contributed by atoms with Crippen molar-refractivity contribution in [3.63, 3.8) is 0 Å². The van der Waals surface area contributed by atoms with Gasteiger partial charge in [0.05, 0.1) is 28.3 Å². The summed E-state index contributed by atoms with van der Waals surface area (Å²) >= 11 is 1.43. The summed E-state index contributed by atoms with van der Waals surface area (Å²) in [5.74, 6) is -1.14. The lowest BCUT2D eigenvalue weighted by Gasteiger charge is -2.17. The minimum Gasteiger partial charge on any atom is -0.478 e. The molecular weight excluding hydrogens is 264 g/mol. The number of benzene rings is 1. The van der Waals surface area contributed by atoms with Crippen molar-refractivity contribution < 1.29 is 9.90 Å². The van der Waals surface area contributed by atoms with Gasteiger partial charge in [-0.2, -0.15) is 11.8 Å². The third-order valence-electron chi connectivity index (χ3n) is 3.56. The first-order valence-electron chi connectivity index (χ1n) is 5.64. The van der Waals surface area contributed by atoms with Crippen LogP contribution in [0.3, 0.4) is 0 Å². The van der Waals surface area contributed by atoms with Crippen LogP contribution in [0.15, 0.2) is 0 Å². The molecule has 0 bridgehead atoms. The molecule has 0 amide bonds. The van der Waals surface area contributed by atoms with Crippen molar-refractivity contribution >= 4 is 34.8 Å². The van der Waals surface area contributed by atoms with E-state index in [2.05, 4.69) is 0 Å². The molecule has 0 saturated carbocycles. The highest BCUT2D eigenvalue weighted by Crippen LogP contribution is 2.44. The molecule has 102 valence electrons. The molecule has 8 N–H and O–H groups in total. The Morgan fingerprint density at radius 3 is 2.42 bits per heavy atom. The van der Waals surface area contributed by atoms with Crippen LogP contribution in [0.25, 0.3) is 0 Å². The molecule has 1 aliphatic rings. The van der Waals surface area contributed by atoms with E-state index in [-0.39, 0.29) is 22.2 Å². The Bertz CT molecular complexity index is 600. The lowest BCUT2D eigenvalue weighted by atomic mass is 9.94. The molecule has 0 radical (unpaired) electrons. The Balaban J connectivity index is 2.84. The second-order valence-electron chi connectivity index (χ2n) is 4.52. The monoisotopic (exact) mass is 280 g/mol. The second-order valence-corrected chi connectivity index (χ2v) is 5.50. The number of nitrogens with one attached hydrogen (secondary N) is 1. The van der Waals surface area contributed by atoms with Crippen molar-refractivity contribution in [1.29, 1.82) is 5.41 Å². The van der Waals surface area contributed by atoms with Crippen LogP contribution < -0.4 is 17.2 Å². The van der Waals surface area contributed by atoms with Crippen LogP contribution >= 0.6 is 11.8 Å². The third kappa shape index (κ3) is 1.69. The number of hydrogen-bond donors (Lipinski definition) is 5. The van der Waals surface area contributed by atoms with Crippen LogP contribution in [0.5, 0.6) is 0 Å². The van der Waals surface area contributed by atoms with Gasteiger partial charge < -0.3 is 27.7 Å². The molecule has 0 fully saturated rings. The van der Waals surface area contributed by atoms with Gasteiger partial charge >= 0.3 is 5.97 Å². The summed E-state index contributed by atoms with van der Waals surface area (Å²) in [6, 6.07) is -0.429. The van der Waals surface area contributed by atoms with E-state index in [0.717, 1.165) is 0 Å². The van der Waals surface area contributed by atoms with E-state index in [1.165, 1.54) is 11.8 Å². The van der Waals surface area contributed by atoms with Crippen LogP contribution in [-0.4, -0.2) is 28.3 Å². The molecule has 0 saturated heterocycles. The fourth-order valence-electron chi connectivity index (χ4n) is 2.59. The predicted molar refractivity (Wildman–Crippen MR) is 78.0 cm³/mol. The van der Waals surface area contributed by atoms with Crippen molar-refractivity contribution in [2.45, 2.75) is 18.2 Å². The maximum atomic E-state index is 11.3. The Hall–Kier alpha value is -1.73. The van der Waals surface area contributed by atoms with Gasteiger partial charge in [-0.15, -0.1) is 0 Å². The first kappa shape index (κ1) is 13.7. The number of carboxylic acids is 1. The first-order valence-corrected chi connectivity index (χ1v) is 6.93. The summed E-state index contributed by atoms with van der Waals surface area (Å²) < 4.78 is 0. The fourth-order valence-corrected chi connectivity index (χ4v) is 3.38. The smallest absolute Gasteiger partial charge is 0.338 e.